The molecule has 4 aromatic rings. The van der Waals surface area contributed by atoms with E-state index in [1.165, 1.54) is 12.5 Å². The third kappa shape index (κ3) is 18.8. The minimum atomic E-state index is -1.55. The van der Waals surface area contributed by atoms with Crippen molar-refractivity contribution in [2.75, 3.05) is 19.6 Å². The molecule has 1 saturated heterocycles. The van der Waals surface area contributed by atoms with Crippen LogP contribution in [0.25, 0.3) is 10.9 Å². The Kier molecular flexibility index (Phi) is 22.7. The number of nitrogens with zero attached hydrogens (tertiary/aromatic N) is 2. The molecule has 7 atom stereocenters. The van der Waals surface area contributed by atoms with E-state index in [9.17, 15) is 47.9 Å². The smallest absolute Gasteiger partial charge is 0.243 e. The Morgan fingerprint density at radius 1 is 0.679 bits per heavy atom. The van der Waals surface area contributed by atoms with Crippen LogP contribution in [0.5, 0.6) is 0 Å². The number of hydrogen-bond acceptors (Lipinski definition) is 12. The molecule has 17 N–H and O–H groups in total. The Hall–Kier alpha value is -8.84. The Bertz CT molecular complexity index is 2760. The SMILES string of the molecule is CC(C)[C@H](NC(=O)[C@@H]1CCC(=O)NCCC(=O)N[C@H](Cc2cnc[nH]2)C(=O)N[C@H](Cc2ccccc2)C(=O)N[C@H](CCCN=C(N)N)C(=O)N[C@@H](Cc2c[nH]c3ccccc23)C(=O)N1)C(=O)N[C@H](C(=O)NCC(N)=O)C(C)C. The number of guanidine groups is 1. The van der Waals surface area contributed by atoms with E-state index in [0.717, 1.165) is 0 Å². The van der Waals surface area contributed by atoms with Gasteiger partial charge in [-0.25, -0.2) is 4.98 Å². The normalized spacial score (nSPS) is 20.1. The maximum absolute atomic E-state index is 14.9. The number of H-pyrrole nitrogens is 2. The summed E-state index contributed by atoms with van der Waals surface area (Å²) in [5.41, 5.74) is 18.8. The lowest BCUT2D eigenvalue weighted by molar-refractivity contribution is -0.136. The van der Waals surface area contributed by atoms with E-state index in [1.807, 2.05) is 18.2 Å². The van der Waals surface area contributed by atoms with Gasteiger partial charge in [0.05, 0.1) is 12.9 Å². The lowest BCUT2D eigenvalue weighted by atomic mass is 9.98. The van der Waals surface area contributed by atoms with Crippen LogP contribution in [-0.4, -0.2) is 142 Å². The molecule has 420 valence electrons. The highest BCUT2D eigenvalue weighted by molar-refractivity contribution is 5.99. The number of carbonyl (C=O) groups excluding carboxylic acids is 10. The summed E-state index contributed by atoms with van der Waals surface area (Å²) in [6.07, 6.45) is 3.22. The number of benzene rings is 2. The average Bonchev–Trinajstić information content (AvgIpc) is 4.07. The molecule has 2 aromatic carbocycles. The molecular formula is C52H72N16O10. The molecule has 0 spiro atoms. The minimum absolute atomic E-state index is 0.0424. The third-order valence-electron chi connectivity index (χ3n) is 12.8. The number of nitrogens with one attached hydrogen (secondary N) is 11. The monoisotopic (exact) mass is 1080 g/mol. The van der Waals surface area contributed by atoms with Crippen molar-refractivity contribution in [1.82, 2.24) is 62.8 Å². The van der Waals surface area contributed by atoms with Crippen molar-refractivity contribution in [2.24, 2.45) is 34.0 Å². The summed E-state index contributed by atoms with van der Waals surface area (Å²) in [5, 5.41) is 24.7. The first-order chi connectivity index (χ1) is 37.2. The molecule has 0 saturated carbocycles. The van der Waals surface area contributed by atoms with Gasteiger partial charge in [0.15, 0.2) is 5.96 Å². The molecule has 0 radical (unpaired) electrons. The van der Waals surface area contributed by atoms with Crippen molar-refractivity contribution in [3.05, 3.63) is 90.1 Å². The number of carbonyl (C=O) groups is 10. The molecule has 0 bridgehead atoms. The minimum Gasteiger partial charge on any atom is -0.370 e. The van der Waals surface area contributed by atoms with Crippen molar-refractivity contribution in [1.29, 1.82) is 0 Å². The topological polar surface area (TPSA) is 414 Å². The fourth-order valence-corrected chi connectivity index (χ4v) is 8.54. The second kappa shape index (κ2) is 29.5. The third-order valence-corrected chi connectivity index (χ3v) is 12.8. The van der Waals surface area contributed by atoms with Gasteiger partial charge in [-0.2, -0.15) is 0 Å². The van der Waals surface area contributed by atoms with Gasteiger partial charge in [0.2, 0.25) is 59.1 Å². The number of primary amides is 1. The van der Waals surface area contributed by atoms with Crippen molar-refractivity contribution in [2.45, 2.75) is 121 Å². The molecule has 26 heteroatoms. The van der Waals surface area contributed by atoms with Crippen LogP contribution < -0.4 is 65.1 Å². The Balaban J connectivity index is 1.55. The van der Waals surface area contributed by atoms with E-state index < -0.39 is 126 Å². The highest BCUT2D eigenvalue weighted by atomic mass is 16.2. The lowest BCUT2D eigenvalue weighted by Gasteiger charge is -2.29. The van der Waals surface area contributed by atoms with Gasteiger partial charge in [-0.05, 0) is 48.3 Å². The molecule has 5 rings (SSSR count). The zero-order chi connectivity index (χ0) is 56.9. The van der Waals surface area contributed by atoms with E-state index >= 15 is 0 Å². The molecule has 1 fully saturated rings. The number of rotatable bonds is 19. The summed E-state index contributed by atoms with van der Waals surface area (Å²) in [5.74, 6) is -9.04. The van der Waals surface area contributed by atoms with E-state index in [4.69, 9.17) is 17.2 Å². The van der Waals surface area contributed by atoms with Gasteiger partial charge >= 0.3 is 0 Å². The van der Waals surface area contributed by atoms with Gasteiger partial charge in [-0.3, -0.25) is 52.9 Å². The van der Waals surface area contributed by atoms with E-state index in [2.05, 4.69) is 67.8 Å². The number of aromatic nitrogens is 3. The Morgan fingerprint density at radius 2 is 1.29 bits per heavy atom. The second-order valence-corrected chi connectivity index (χ2v) is 19.6. The van der Waals surface area contributed by atoms with Crippen molar-refractivity contribution >= 4 is 75.9 Å². The van der Waals surface area contributed by atoms with Crippen LogP contribution in [0.3, 0.4) is 0 Å². The predicted octanol–water partition coefficient (Wildman–Crippen LogP) is -2.42. The maximum Gasteiger partial charge on any atom is 0.243 e. The fraction of sp³-hybridized carbons (Fsp3) is 0.462. The van der Waals surface area contributed by atoms with E-state index in [-0.39, 0.29) is 64.0 Å². The predicted molar refractivity (Wildman–Crippen MR) is 287 cm³/mol. The summed E-state index contributed by atoms with van der Waals surface area (Å²) >= 11 is 0. The zero-order valence-electron chi connectivity index (χ0n) is 44.1. The van der Waals surface area contributed by atoms with Crippen LogP contribution >= 0.6 is 0 Å². The largest absolute Gasteiger partial charge is 0.370 e. The molecule has 10 amide bonds. The fourth-order valence-electron chi connectivity index (χ4n) is 8.54. The number of fused-ring (bicyclic) bond motifs is 1. The molecule has 1 aliphatic heterocycles. The molecular weight excluding hydrogens is 1010 g/mol. The highest BCUT2D eigenvalue weighted by Crippen LogP contribution is 2.20. The Labute approximate surface area is 450 Å². The molecule has 2 aromatic heterocycles. The number of aliphatic imine (C=N–C) groups is 1. The van der Waals surface area contributed by atoms with Crippen LogP contribution in [0.4, 0.5) is 0 Å². The lowest BCUT2D eigenvalue weighted by Crippen LogP contribution is -2.61. The zero-order valence-corrected chi connectivity index (χ0v) is 44.1. The van der Waals surface area contributed by atoms with Crippen LogP contribution in [-0.2, 0) is 67.2 Å². The first kappa shape index (κ1) is 60.0. The summed E-state index contributed by atoms with van der Waals surface area (Å²) in [7, 11) is 0. The molecule has 0 aliphatic carbocycles. The molecule has 1 aliphatic rings. The van der Waals surface area contributed by atoms with Gasteiger partial charge < -0.3 is 75.0 Å². The first-order valence-electron chi connectivity index (χ1n) is 25.7. The van der Waals surface area contributed by atoms with Gasteiger partial charge in [0, 0.05) is 74.2 Å². The van der Waals surface area contributed by atoms with Crippen LogP contribution in [0, 0.1) is 11.8 Å². The van der Waals surface area contributed by atoms with Gasteiger partial charge in [0.1, 0.15) is 42.3 Å². The molecule has 26 nitrogen and oxygen atoms in total. The number of aromatic amines is 2. The van der Waals surface area contributed by atoms with Crippen LogP contribution in [0.2, 0.25) is 0 Å². The summed E-state index contributed by atoms with van der Waals surface area (Å²) in [4.78, 5) is 153. The number of nitrogens with two attached hydrogens (primary N) is 3. The summed E-state index contributed by atoms with van der Waals surface area (Å²) in [6, 6.07) is 6.50. The second-order valence-electron chi connectivity index (χ2n) is 19.6. The standard InChI is InChI=1S/C52H72N16O10/c1-28(2)43(50(77)60-26-40(53)69)68-51(78)44(29(3)4)67-46(73)36-16-17-41(70)57-20-18-42(71)62-39(23-32-25-56-27-61-32)49(76)65-37(21-30-11-6-5-7-12-30)47(74)63-35(15-10-19-58-52(54)55)45(72)66-38(48(75)64-36)22-31-24-59-34-14-9-8-13-33(31)34/h5-9,11-14,24-25,27-29,35-39,43-44,59H,10,15-23,26H2,1-4H3,(H2,53,69)(H,56,61)(H,57,70)(H,60,77)(H,62,71)(H,63,74)(H,64,75)(H,65,76)(H,66,72)(H,67,73)(H,68,78)(H4,54,55,58)/t35-,36+,37-,38+,39-,43+,44+/m1/s1. The van der Waals surface area contributed by atoms with Crippen molar-refractivity contribution in [3.63, 3.8) is 0 Å². The van der Waals surface area contributed by atoms with Crippen LogP contribution in [0.1, 0.15) is 76.6 Å². The summed E-state index contributed by atoms with van der Waals surface area (Å²) < 4.78 is 0. The number of amides is 10. The van der Waals surface area contributed by atoms with E-state index in [1.54, 1.807) is 70.3 Å². The first-order valence-corrected chi connectivity index (χ1v) is 25.7. The molecule has 0 unspecified atom stereocenters. The quantitative estimate of drug-likeness (QED) is 0.0265. The number of hydrogen-bond donors (Lipinski definition) is 14. The van der Waals surface area contributed by atoms with Crippen molar-refractivity contribution < 1.29 is 47.9 Å². The number of imidazole rings is 1. The van der Waals surface area contributed by atoms with E-state index in [0.29, 0.717) is 27.7 Å². The van der Waals surface area contributed by atoms with Crippen LogP contribution in [0.15, 0.2) is 78.3 Å². The highest BCUT2D eigenvalue weighted by Gasteiger charge is 2.36. The van der Waals surface area contributed by atoms with Gasteiger partial charge in [0.25, 0.3) is 0 Å². The average molecular weight is 1080 g/mol. The van der Waals surface area contributed by atoms with Gasteiger partial charge in [-0.1, -0.05) is 76.2 Å². The van der Waals surface area contributed by atoms with Crippen molar-refractivity contribution in [3.8, 4) is 0 Å². The number of para-hydroxylation sites is 1. The molecule has 78 heavy (non-hydrogen) atoms. The molecule has 3 heterocycles. The summed E-state index contributed by atoms with van der Waals surface area (Å²) in [6.45, 7) is 5.93. The van der Waals surface area contributed by atoms with Gasteiger partial charge in [-0.15, -0.1) is 0 Å². The Morgan fingerprint density at radius 3 is 1.95 bits per heavy atom. The maximum atomic E-state index is 14.9.